The van der Waals surface area contributed by atoms with Gasteiger partial charge in [0.05, 0.1) is 11.1 Å². The van der Waals surface area contributed by atoms with E-state index in [9.17, 15) is 9.59 Å². The molecule has 0 unspecified atom stereocenters. The molecule has 1 saturated carbocycles. The van der Waals surface area contributed by atoms with Gasteiger partial charge in [0.2, 0.25) is 0 Å². The Morgan fingerprint density at radius 2 is 1.08 bits per heavy atom. The van der Waals surface area contributed by atoms with Gasteiger partial charge >= 0.3 is 11.9 Å². The molecule has 0 atom stereocenters. The van der Waals surface area contributed by atoms with E-state index in [1.54, 1.807) is 60.7 Å². The summed E-state index contributed by atoms with van der Waals surface area (Å²) in [5.74, 6) is -0.712. The van der Waals surface area contributed by atoms with Crippen molar-refractivity contribution in [3.63, 3.8) is 0 Å². The summed E-state index contributed by atoms with van der Waals surface area (Å²) in [5, 5.41) is 16.8. The van der Waals surface area contributed by atoms with Gasteiger partial charge in [0.25, 0.3) is 0 Å². The van der Waals surface area contributed by atoms with E-state index in [-0.39, 0.29) is 0 Å². The number of hydrogen-bond donors (Lipinski definition) is 2. The molecule has 1 fully saturated rings. The highest BCUT2D eigenvalue weighted by Crippen LogP contribution is 2.22. The van der Waals surface area contributed by atoms with Crippen LogP contribution in [0.15, 0.2) is 60.7 Å². The van der Waals surface area contributed by atoms with Crippen LogP contribution < -0.4 is 0 Å². The second-order valence-corrected chi connectivity index (χ2v) is 5.73. The molecule has 4 nitrogen and oxygen atoms in total. The normalized spacial score (nSPS) is 13.0. The zero-order chi connectivity index (χ0) is 17.8. The third-order valence-electron chi connectivity index (χ3n) is 3.69. The first-order valence-corrected chi connectivity index (χ1v) is 8.07. The topological polar surface area (TPSA) is 74.6 Å². The van der Waals surface area contributed by atoms with Crippen molar-refractivity contribution < 1.29 is 19.8 Å². The average Bonchev–Trinajstić information content (AvgIpc) is 3.08. The molecule has 1 aliphatic rings. The van der Waals surface area contributed by atoms with Crippen LogP contribution in [0.4, 0.5) is 0 Å². The van der Waals surface area contributed by atoms with E-state index < -0.39 is 11.9 Å². The molecule has 0 spiro atoms. The summed E-state index contributed by atoms with van der Waals surface area (Å²) in [4.78, 5) is 20.4. The van der Waals surface area contributed by atoms with Crippen LogP contribution in [0.25, 0.3) is 0 Å². The van der Waals surface area contributed by atoms with Gasteiger partial charge in [-0.25, -0.2) is 9.59 Å². The number of aromatic carboxylic acids is 2. The van der Waals surface area contributed by atoms with Crippen LogP contribution in [0, 0.1) is 5.92 Å². The highest BCUT2D eigenvalue weighted by atomic mass is 16.4. The second-order valence-electron chi connectivity index (χ2n) is 5.73. The molecule has 128 valence electrons. The number of carbonyl (C=O) groups is 2. The number of rotatable bonds is 2. The van der Waals surface area contributed by atoms with E-state index in [2.05, 4.69) is 6.92 Å². The van der Waals surface area contributed by atoms with Crippen LogP contribution >= 0.6 is 0 Å². The van der Waals surface area contributed by atoms with Gasteiger partial charge in [-0.2, -0.15) is 0 Å². The molecule has 4 heteroatoms. The zero-order valence-corrected chi connectivity index (χ0v) is 13.9. The summed E-state index contributed by atoms with van der Waals surface area (Å²) in [6, 6.07) is 16.6. The molecule has 0 bridgehead atoms. The van der Waals surface area contributed by atoms with Crippen LogP contribution in [-0.4, -0.2) is 22.2 Å². The molecule has 2 N–H and O–H groups in total. The Bertz CT molecular complexity index is 553. The third kappa shape index (κ3) is 8.13. The molecule has 3 rings (SSSR count). The summed E-state index contributed by atoms with van der Waals surface area (Å²) in [6.07, 6.45) is 5.95. The molecule has 0 radical (unpaired) electrons. The molecule has 0 aromatic heterocycles. The number of hydrogen-bond acceptors (Lipinski definition) is 2. The van der Waals surface area contributed by atoms with Crippen molar-refractivity contribution in [1.82, 2.24) is 0 Å². The Labute approximate surface area is 142 Å². The molecule has 0 saturated heterocycles. The van der Waals surface area contributed by atoms with E-state index in [0.29, 0.717) is 11.1 Å². The lowest BCUT2D eigenvalue weighted by Gasteiger charge is -1.91. The summed E-state index contributed by atoms with van der Waals surface area (Å²) in [6.45, 7) is 2.34. The minimum atomic E-state index is -0.879. The largest absolute Gasteiger partial charge is 0.478 e. The quantitative estimate of drug-likeness (QED) is 0.816. The van der Waals surface area contributed by atoms with Crippen molar-refractivity contribution in [3.8, 4) is 0 Å². The first-order chi connectivity index (χ1) is 11.5. The average molecular weight is 328 g/mol. The number of benzene rings is 2. The molecule has 0 heterocycles. The fraction of sp³-hybridized carbons (Fsp3) is 0.300. The predicted molar refractivity (Wildman–Crippen MR) is 94.4 cm³/mol. The standard InChI is InChI=1S/2C7H6O2.C6H12/c2*8-7(9)6-4-2-1-3-5-6;1-6-4-2-3-5-6/h2*1-5H,(H,8,9);6H,2-5H2,1H3. The van der Waals surface area contributed by atoms with Gasteiger partial charge in [0.1, 0.15) is 0 Å². The molecular weight excluding hydrogens is 304 g/mol. The first kappa shape index (κ1) is 19.4. The Morgan fingerprint density at radius 1 is 0.750 bits per heavy atom. The summed E-state index contributed by atoms with van der Waals surface area (Å²) < 4.78 is 0. The third-order valence-corrected chi connectivity index (χ3v) is 3.69. The number of carboxylic acids is 2. The predicted octanol–water partition coefficient (Wildman–Crippen LogP) is 4.97. The van der Waals surface area contributed by atoms with Crippen molar-refractivity contribution in [1.29, 1.82) is 0 Å². The van der Waals surface area contributed by atoms with Crippen molar-refractivity contribution in [2.75, 3.05) is 0 Å². The van der Waals surface area contributed by atoms with Crippen molar-refractivity contribution >= 4 is 11.9 Å². The first-order valence-electron chi connectivity index (χ1n) is 8.07. The van der Waals surface area contributed by atoms with E-state index in [1.807, 2.05) is 0 Å². The van der Waals surface area contributed by atoms with Crippen molar-refractivity contribution in [2.45, 2.75) is 32.6 Å². The minimum absolute atomic E-state index is 0.331. The van der Waals surface area contributed by atoms with Gasteiger partial charge in [0.15, 0.2) is 0 Å². The summed E-state index contributed by atoms with van der Waals surface area (Å²) in [5.41, 5.74) is 0.662. The molecule has 0 amide bonds. The molecule has 2 aromatic carbocycles. The molecule has 0 aliphatic heterocycles. The summed E-state index contributed by atoms with van der Waals surface area (Å²) in [7, 11) is 0. The Balaban J connectivity index is 0.000000184. The molecule has 1 aliphatic carbocycles. The van der Waals surface area contributed by atoms with Crippen molar-refractivity contribution in [2.24, 2.45) is 5.92 Å². The van der Waals surface area contributed by atoms with Gasteiger partial charge in [-0.05, 0) is 30.2 Å². The smallest absolute Gasteiger partial charge is 0.335 e. The fourth-order valence-corrected chi connectivity index (χ4v) is 2.29. The maximum Gasteiger partial charge on any atom is 0.335 e. The monoisotopic (exact) mass is 328 g/mol. The Hall–Kier alpha value is -2.62. The van der Waals surface area contributed by atoms with Crippen LogP contribution in [-0.2, 0) is 0 Å². The van der Waals surface area contributed by atoms with Gasteiger partial charge in [-0.15, -0.1) is 0 Å². The van der Waals surface area contributed by atoms with E-state index in [4.69, 9.17) is 10.2 Å². The lowest BCUT2D eigenvalue weighted by atomic mass is 10.2. The Kier molecular flexibility index (Phi) is 8.90. The van der Waals surface area contributed by atoms with Gasteiger partial charge in [-0.1, -0.05) is 69.0 Å². The lowest BCUT2D eigenvalue weighted by Crippen LogP contribution is -1.93. The fourth-order valence-electron chi connectivity index (χ4n) is 2.29. The van der Waals surface area contributed by atoms with Crippen LogP contribution in [0.3, 0.4) is 0 Å². The maximum absolute atomic E-state index is 10.2. The van der Waals surface area contributed by atoms with E-state index in [0.717, 1.165) is 5.92 Å². The van der Waals surface area contributed by atoms with Gasteiger partial charge in [-0.3, -0.25) is 0 Å². The molecule has 24 heavy (non-hydrogen) atoms. The lowest BCUT2D eigenvalue weighted by molar-refractivity contribution is 0.0686. The summed E-state index contributed by atoms with van der Waals surface area (Å²) >= 11 is 0. The van der Waals surface area contributed by atoms with E-state index >= 15 is 0 Å². The number of carboxylic acid groups (broad SMARTS) is 2. The van der Waals surface area contributed by atoms with E-state index in [1.165, 1.54) is 25.7 Å². The van der Waals surface area contributed by atoms with Crippen LogP contribution in [0.5, 0.6) is 0 Å². The van der Waals surface area contributed by atoms with Gasteiger partial charge < -0.3 is 10.2 Å². The van der Waals surface area contributed by atoms with Crippen LogP contribution in [0.1, 0.15) is 53.3 Å². The highest BCUT2D eigenvalue weighted by molar-refractivity contribution is 5.87. The van der Waals surface area contributed by atoms with Crippen LogP contribution in [0.2, 0.25) is 0 Å². The molecule has 2 aromatic rings. The minimum Gasteiger partial charge on any atom is -0.478 e. The maximum atomic E-state index is 10.2. The van der Waals surface area contributed by atoms with Crippen molar-refractivity contribution in [3.05, 3.63) is 71.8 Å². The molecular formula is C20H24O4. The Morgan fingerprint density at radius 3 is 1.25 bits per heavy atom. The SMILES string of the molecule is CC1CCCC1.O=C(O)c1ccccc1.O=C(O)c1ccccc1. The zero-order valence-electron chi connectivity index (χ0n) is 13.9. The van der Waals surface area contributed by atoms with Gasteiger partial charge in [0, 0.05) is 0 Å². The second kappa shape index (κ2) is 11.0. The highest BCUT2D eigenvalue weighted by Gasteiger charge is 2.07.